The summed E-state index contributed by atoms with van der Waals surface area (Å²) in [5, 5.41) is 4.35. The van der Waals surface area contributed by atoms with E-state index >= 15 is 0 Å². The molecule has 90 valence electrons. The molecule has 0 fully saturated rings. The third-order valence-electron chi connectivity index (χ3n) is 2.72. The maximum absolute atomic E-state index is 6.22. The topological polar surface area (TPSA) is 12.0 Å². The standard InChI is InChI=1S/C14H22ClN/c1-11(2)9-16-10-14(3,4)12-7-5-6-8-13(12)15/h5-8,11,16H,9-10H2,1-4H3. The summed E-state index contributed by atoms with van der Waals surface area (Å²) in [4.78, 5) is 0. The molecular weight excluding hydrogens is 218 g/mol. The molecule has 0 unspecified atom stereocenters. The van der Waals surface area contributed by atoms with Crippen LogP contribution in [0.2, 0.25) is 5.02 Å². The Morgan fingerprint density at radius 2 is 1.88 bits per heavy atom. The lowest BCUT2D eigenvalue weighted by atomic mass is 9.84. The van der Waals surface area contributed by atoms with Crippen LogP contribution >= 0.6 is 11.6 Å². The summed E-state index contributed by atoms with van der Waals surface area (Å²) >= 11 is 6.22. The van der Waals surface area contributed by atoms with E-state index in [1.807, 2.05) is 18.2 Å². The molecule has 0 atom stereocenters. The van der Waals surface area contributed by atoms with Gasteiger partial charge in [0.05, 0.1) is 0 Å². The summed E-state index contributed by atoms with van der Waals surface area (Å²) in [6.07, 6.45) is 0. The highest BCUT2D eigenvalue weighted by Crippen LogP contribution is 2.28. The summed E-state index contributed by atoms with van der Waals surface area (Å²) in [6.45, 7) is 10.9. The first-order valence-corrected chi connectivity index (χ1v) is 6.27. The zero-order valence-electron chi connectivity index (χ0n) is 10.7. The van der Waals surface area contributed by atoms with E-state index in [2.05, 4.69) is 39.1 Å². The van der Waals surface area contributed by atoms with Gasteiger partial charge in [0, 0.05) is 17.0 Å². The van der Waals surface area contributed by atoms with Crippen LogP contribution in [0.3, 0.4) is 0 Å². The van der Waals surface area contributed by atoms with Gasteiger partial charge in [-0.25, -0.2) is 0 Å². The lowest BCUT2D eigenvalue weighted by Crippen LogP contribution is -2.35. The third kappa shape index (κ3) is 3.80. The molecule has 2 heteroatoms. The fourth-order valence-corrected chi connectivity index (χ4v) is 2.17. The van der Waals surface area contributed by atoms with Gasteiger partial charge in [0.15, 0.2) is 0 Å². The Balaban J connectivity index is 2.66. The van der Waals surface area contributed by atoms with Crippen LogP contribution in [-0.4, -0.2) is 13.1 Å². The SMILES string of the molecule is CC(C)CNCC(C)(C)c1ccccc1Cl. The van der Waals surface area contributed by atoms with Crippen LogP contribution in [0, 0.1) is 5.92 Å². The Morgan fingerprint density at radius 3 is 2.44 bits per heavy atom. The first kappa shape index (κ1) is 13.5. The average molecular weight is 240 g/mol. The fraction of sp³-hybridized carbons (Fsp3) is 0.571. The lowest BCUT2D eigenvalue weighted by Gasteiger charge is -2.27. The van der Waals surface area contributed by atoms with Gasteiger partial charge >= 0.3 is 0 Å². The van der Waals surface area contributed by atoms with Gasteiger partial charge < -0.3 is 5.32 Å². The molecule has 1 aromatic carbocycles. The van der Waals surface area contributed by atoms with Crippen molar-refractivity contribution in [1.29, 1.82) is 0 Å². The average Bonchev–Trinajstić information content (AvgIpc) is 2.17. The molecule has 16 heavy (non-hydrogen) atoms. The second-order valence-electron chi connectivity index (χ2n) is 5.39. The summed E-state index contributed by atoms with van der Waals surface area (Å²) in [7, 11) is 0. The largest absolute Gasteiger partial charge is 0.316 e. The highest BCUT2D eigenvalue weighted by molar-refractivity contribution is 6.31. The van der Waals surface area contributed by atoms with Crippen LogP contribution in [0.15, 0.2) is 24.3 Å². The zero-order valence-corrected chi connectivity index (χ0v) is 11.4. The van der Waals surface area contributed by atoms with E-state index in [0.29, 0.717) is 5.92 Å². The summed E-state index contributed by atoms with van der Waals surface area (Å²) in [6, 6.07) is 8.09. The second kappa shape index (κ2) is 5.70. The van der Waals surface area contributed by atoms with Crippen molar-refractivity contribution in [2.45, 2.75) is 33.1 Å². The van der Waals surface area contributed by atoms with Gasteiger partial charge in [-0.2, -0.15) is 0 Å². The highest BCUT2D eigenvalue weighted by atomic mass is 35.5. The van der Waals surface area contributed by atoms with Crippen LogP contribution in [0.25, 0.3) is 0 Å². The van der Waals surface area contributed by atoms with Gasteiger partial charge in [0.25, 0.3) is 0 Å². The molecule has 0 radical (unpaired) electrons. The third-order valence-corrected chi connectivity index (χ3v) is 3.05. The number of hydrogen-bond acceptors (Lipinski definition) is 1. The van der Waals surface area contributed by atoms with E-state index in [1.54, 1.807) is 0 Å². The monoisotopic (exact) mass is 239 g/mol. The van der Waals surface area contributed by atoms with Crippen LogP contribution in [0.1, 0.15) is 33.3 Å². The molecule has 1 N–H and O–H groups in total. The molecule has 0 amide bonds. The van der Waals surface area contributed by atoms with Crippen LogP contribution in [0.5, 0.6) is 0 Å². The summed E-state index contributed by atoms with van der Waals surface area (Å²) in [5.41, 5.74) is 1.29. The maximum atomic E-state index is 6.22. The van der Waals surface area contributed by atoms with Gasteiger partial charge in [-0.05, 0) is 24.1 Å². The van der Waals surface area contributed by atoms with Gasteiger partial charge in [-0.15, -0.1) is 0 Å². The quantitative estimate of drug-likeness (QED) is 0.823. The van der Waals surface area contributed by atoms with Crippen molar-refractivity contribution >= 4 is 11.6 Å². The van der Waals surface area contributed by atoms with Crippen LogP contribution < -0.4 is 5.32 Å². The Bertz CT molecular complexity index is 331. The molecule has 0 aromatic heterocycles. The number of nitrogens with one attached hydrogen (secondary N) is 1. The van der Waals surface area contributed by atoms with Crippen molar-refractivity contribution in [2.75, 3.05) is 13.1 Å². The minimum absolute atomic E-state index is 0.0766. The molecule has 1 rings (SSSR count). The van der Waals surface area contributed by atoms with Crippen LogP contribution in [-0.2, 0) is 5.41 Å². The van der Waals surface area contributed by atoms with Crippen molar-refractivity contribution in [1.82, 2.24) is 5.32 Å². The van der Waals surface area contributed by atoms with E-state index in [1.165, 1.54) is 5.56 Å². The van der Waals surface area contributed by atoms with Gasteiger partial charge in [0.1, 0.15) is 0 Å². The van der Waals surface area contributed by atoms with E-state index < -0.39 is 0 Å². The van der Waals surface area contributed by atoms with E-state index in [-0.39, 0.29) is 5.41 Å². The minimum atomic E-state index is 0.0766. The van der Waals surface area contributed by atoms with Gasteiger partial charge in [0.2, 0.25) is 0 Å². The molecule has 0 spiro atoms. The Kier molecular flexibility index (Phi) is 4.82. The summed E-state index contributed by atoms with van der Waals surface area (Å²) < 4.78 is 0. The van der Waals surface area contributed by atoms with Gasteiger partial charge in [-0.1, -0.05) is 57.5 Å². The van der Waals surface area contributed by atoms with E-state index in [0.717, 1.165) is 18.1 Å². The van der Waals surface area contributed by atoms with Crippen molar-refractivity contribution < 1.29 is 0 Å². The fourth-order valence-electron chi connectivity index (χ4n) is 1.78. The predicted octanol–water partition coefficient (Wildman–Crippen LogP) is 3.86. The van der Waals surface area contributed by atoms with E-state index in [9.17, 15) is 0 Å². The minimum Gasteiger partial charge on any atom is -0.316 e. The first-order valence-electron chi connectivity index (χ1n) is 5.89. The lowest BCUT2D eigenvalue weighted by molar-refractivity contribution is 0.443. The molecule has 0 heterocycles. The Hall–Kier alpha value is -0.530. The van der Waals surface area contributed by atoms with Crippen molar-refractivity contribution in [3.8, 4) is 0 Å². The van der Waals surface area contributed by atoms with Crippen molar-refractivity contribution in [2.24, 2.45) is 5.92 Å². The van der Waals surface area contributed by atoms with Gasteiger partial charge in [-0.3, -0.25) is 0 Å². The number of hydrogen-bond donors (Lipinski definition) is 1. The Labute approximate surface area is 104 Å². The number of benzene rings is 1. The Morgan fingerprint density at radius 1 is 1.25 bits per heavy atom. The van der Waals surface area contributed by atoms with Crippen LogP contribution in [0.4, 0.5) is 0 Å². The number of halogens is 1. The normalized spacial score (nSPS) is 12.1. The van der Waals surface area contributed by atoms with Crippen molar-refractivity contribution in [3.05, 3.63) is 34.9 Å². The molecule has 0 aliphatic rings. The zero-order chi connectivity index (χ0) is 12.2. The second-order valence-corrected chi connectivity index (χ2v) is 5.80. The molecule has 1 aromatic rings. The number of rotatable bonds is 5. The van der Waals surface area contributed by atoms with Crippen molar-refractivity contribution in [3.63, 3.8) is 0 Å². The molecule has 0 aliphatic heterocycles. The highest BCUT2D eigenvalue weighted by Gasteiger charge is 2.22. The smallest absolute Gasteiger partial charge is 0.0443 e. The molecule has 0 aliphatic carbocycles. The molecule has 1 nitrogen and oxygen atoms in total. The maximum Gasteiger partial charge on any atom is 0.0443 e. The molecule has 0 saturated heterocycles. The predicted molar refractivity (Wildman–Crippen MR) is 72.2 cm³/mol. The summed E-state index contributed by atoms with van der Waals surface area (Å²) in [5.74, 6) is 0.682. The molecule has 0 saturated carbocycles. The molecule has 0 bridgehead atoms. The first-order chi connectivity index (χ1) is 7.43. The molecular formula is C14H22ClN. The van der Waals surface area contributed by atoms with E-state index in [4.69, 9.17) is 11.6 Å².